The molecule has 6 rings (SSSR count). The van der Waals surface area contributed by atoms with E-state index in [0.29, 0.717) is 29.2 Å². The van der Waals surface area contributed by atoms with Crippen LogP contribution in [0.4, 0.5) is 11.4 Å². The van der Waals surface area contributed by atoms with Crippen molar-refractivity contribution in [2.45, 2.75) is 79.9 Å². The van der Waals surface area contributed by atoms with Gasteiger partial charge in [-0.3, -0.25) is 37.4 Å². The predicted molar refractivity (Wildman–Crippen MR) is 220 cm³/mol. The van der Waals surface area contributed by atoms with Gasteiger partial charge >= 0.3 is 5.97 Å². The molecule has 0 spiro atoms. The number of nitrogens with zero attached hydrogens (tertiary/aromatic N) is 3. The highest BCUT2D eigenvalue weighted by molar-refractivity contribution is 7.86. The smallest absolute Gasteiger partial charge is 0.333 e. The maximum atomic E-state index is 13.9. The SMILES string of the molecule is CC1(CCCCCC(=O)ON2C(=O)CCC2=O)C(C=C2C(=O)C(/C=C3/Oc4cc(S(=O)(=O)O)ccc4N3CCCS(=O)(=O)O)C2=O)=[N+](CCCS(=O)(=O)O)c2ccc(S(=O)(=O)O)cc21. The van der Waals surface area contributed by atoms with Crippen LogP contribution in [0, 0.1) is 5.92 Å². The van der Waals surface area contributed by atoms with Gasteiger partial charge in [0.25, 0.3) is 52.3 Å². The Morgan fingerprint density at radius 2 is 1.41 bits per heavy atom. The molecule has 346 valence electrons. The number of carbonyl (C=O) groups is 5. The Labute approximate surface area is 367 Å². The topological polar surface area (TPSA) is 331 Å². The number of ketones is 2. The highest BCUT2D eigenvalue weighted by Gasteiger charge is 2.51. The molecule has 1 saturated carbocycles. The Morgan fingerprint density at radius 1 is 0.812 bits per heavy atom. The number of benzene rings is 2. The number of carbonyl (C=O) groups excluding carboxylic acids is 5. The number of ether oxygens (including phenoxy) is 1. The van der Waals surface area contributed by atoms with Crippen molar-refractivity contribution in [2.75, 3.05) is 29.5 Å². The van der Waals surface area contributed by atoms with Gasteiger partial charge in [0.1, 0.15) is 12.5 Å². The molecule has 64 heavy (non-hydrogen) atoms. The minimum absolute atomic E-state index is 0.0879. The van der Waals surface area contributed by atoms with Gasteiger partial charge in [-0.15, -0.1) is 5.06 Å². The molecule has 1 atom stereocenters. The minimum Gasteiger partial charge on any atom is -0.439 e. The van der Waals surface area contributed by atoms with E-state index in [0.717, 1.165) is 24.3 Å². The monoisotopic (exact) mass is 972 g/mol. The number of amides is 2. The van der Waals surface area contributed by atoms with Crippen molar-refractivity contribution in [3.63, 3.8) is 0 Å². The standard InChI is InChI=1S/C38H41N3O19S4/c1-38(14-4-2-3-7-35(44)60-41-32(42)12-13-33(41)43)27-19-23(63(53,54)55)8-10-28(27)39(15-5-17-61(47,48)49)31(38)21-25-36(45)26(37(25)46)22-34-40(16-6-18-62(50,51)52)29-11-9-24(64(56,57)58)20-30(29)59-34/h8-11,19-22,26H,2-7,12-18H2,1H3,(H3-,47,48,49,50,51,52,53,54,55,56,57,58)/p+1/b25-21?,34-22+. The molecule has 2 aromatic rings. The van der Waals surface area contributed by atoms with Crippen molar-refractivity contribution in [2.24, 2.45) is 5.92 Å². The third kappa shape index (κ3) is 10.7. The summed E-state index contributed by atoms with van der Waals surface area (Å²) in [6, 6.07) is 6.91. The second kappa shape index (κ2) is 18.0. The molecule has 3 heterocycles. The zero-order valence-corrected chi connectivity index (χ0v) is 37.0. The number of unbranched alkanes of at least 4 members (excludes halogenated alkanes) is 2. The Morgan fingerprint density at radius 3 is 2.02 bits per heavy atom. The zero-order valence-electron chi connectivity index (χ0n) is 33.8. The van der Waals surface area contributed by atoms with Crippen molar-refractivity contribution in [1.82, 2.24) is 5.06 Å². The van der Waals surface area contributed by atoms with Crippen LogP contribution in [-0.4, -0.2) is 121 Å². The molecule has 1 unspecified atom stereocenters. The first-order valence-electron chi connectivity index (χ1n) is 19.5. The lowest BCUT2D eigenvalue weighted by molar-refractivity contribution is -0.437. The summed E-state index contributed by atoms with van der Waals surface area (Å²) in [5.74, 6) is -6.81. The molecule has 1 aliphatic carbocycles. The van der Waals surface area contributed by atoms with Gasteiger partial charge in [0.2, 0.25) is 5.69 Å². The van der Waals surface area contributed by atoms with E-state index in [9.17, 15) is 75.9 Å². The largest absolute Gasteiger partial charge is 0.439 e. The number of hydroxylamine groups is 2. The lowest BCUT2D eigenvalue weighted by atomic mass is 9.71. The Kier molecular flexibility index (Phi) is 13.6. The first-order valence-corrected chi connectivity index (χ1v) is 25.6. The summed E-state index contributed by atoms with van der Waals surface area (Å²) in [5, 5.41) is 0.423. The van der Waals surface area contributed by atoms with Crippen LogP contribution in [0.15, 0.2) is 69.8 Å². The molecule has 3 aliphatic heterocycles. The fraction of sp³-hybridized carbons (Fsp3) is 0.421. The summed E-state index contributed by atoms with van der Waals surface area (Å²) in [4.78, 5) is 69.2. The average molecular weight is 973 g/mol. The Balaban J connectivity index is 1.32. The van der Waals surface area contributed by atoms with Crippen molar-refractivity contribution in [1.29, 1.82) is 0 Å². The van der Waals surface area contributed by atoms with Gasteiger partial charge in [-0.2, -0.15) is 38.2 Å². The number of allylic oxidation sites excluding steroid dienone is 3. The van der Waals surface area contributed by atoms with Crippen LogP contribution in [0.5, 0.6) is 5.75 Å². The molecule has 0 bridgehead atoms. The van der Waals surface area contributed by atoms with Crippen LogP contribution in [0.1, 0.15) is 70.3 Å². The van der Waals surface area contributed by atoms with E-state index in [1.54, 1.807) is 11.5 Å². The molecule has 26 heteroatoms. The molecule has 2 aromatic carbocycles. The Bertz CT molecular complexity index is 2870. The maximum absolute atomic E-state index is 13.9. The molecule has 1 saturated heterocycles. The third-order valence-corrected chi connectivity index (χ3v) is 14.3. The van der Waals surface area contributed by atoms with Gasteiger partial charge in [-0.25, -0.2) is 4.79 Å². The molecule has 0 radical (unpaired) electrons. The van der Waals surface area contributed by atoms with Crippen molar-refractivity contribution in [3.8, 4) is 5.75 Å². The minimum atomic E-state index is -4.78. The molecule has 2 fully saturated rings. The maximum Gasteiger partial charge on any atom is 0.333 e. The molecule has 4 N–H and O–H groups in total. The third-order valence-electron chi connectivity index (χ3n) is 11.0. The van der Waals surface area contributed by atoms with Gasteiger partial charge in [0.15, 0.2) is 28.9 Å². The summed E-state index contributed by atoms with van der Waals surface area (Å²) >= 11 is 0. The average Bonchev–Trinajstić information content (AvgIpc) is 3.78. The van der Waals surface area contributed by atoms with Crippen molar-refractivity contribution >= 4 is 86.9 Å². The van der Waals surface area contributed by atoms with E-state index in [-0.39, 0.29) is 86.6 Å². The van der Waals surface area contributed by atoms with Crippen LogP contribution in [0.25, 0.3) is 0 Å². The molecule has 0 aromatic heterocycles. The summed E-state index contributed by atoms with van der Waals surface area (Å²) in [6.45, 7) is 1.35. The quantitative estimate of drug-likeness (QED) is 0.0298. The number of rotatable bonds is 19. The zero-order chi connectivity index (χ0) is 47.2. The van der Waals surface area contributed by atoms with E-state index in [1.807, 2.05) is 0 Å². The van der Waals surface area contributed by atoms with Gasteiger partial charge in [-0.1, -0.05) is 12.8 Å². The molecule has 4 aliphatic rings. The van der Waals surface area contributed by atoms with Crippen molar-refractivity contribution < 1.29 is 90.0 Å². The van der Waals surface area contributed by atoms with Gasteiger partial charge in [-0.05, 0) is 56.5 Å². The first kappa shape index (κ1) is 48.2. The molecule has 22 nitrogen and oxygen atoms in total. The fourth-order valence-electron chi connectivity index (χ4n) is 7.87. The van der Waals surface area contributed by atoms with Crippen LogP contribution in [0.2, 0.25) is 0 Å². The second-order valence-electron chi connectivity index (χ2n) is 15.5. The molecule has 2 amide bonds. The number of fused-ring (bicyclic) bond motifs is 2. The van der Waals surface area contributed by atoms with Crippen LogP contribution in [-0.2, 0) is 74.7 Å². The highest BCUT2D eigenvalue weighted by Crippen LogP contribution is 2.46. The lowest BCUT2D eigenvalue weighted by Gasteiger charge is -2.27. The van der Waals surface area contributed by atoms with Gasteiger partial charge < -0.3 is 14.5 Å². The normalized spacial score (nSPS) is 20.8. The van der Waals surface area contributed by atoms with E-state index in [2.05, 4.69) is 0 Å². The summed E-state index contributed by atoms with van der Waals surface area (Å²) in [6.07, 6.45) is 2.64. The summed E-state index contributed by atoms with van der Waals surface area (Å²) in [7, 11) is -18.4. The van der Waals surface area contributed by atoms with Crippen LogP contribution < -0.4 is 9.64 Å². The van der Waals surface area contributed by atoms with E-state index < -0.39 is 102 Å². The van der Waals surface area contributed by atoms with E-state index >= 15 is 0 Å². The first-order chi connectivity index (χ1) is 29.7. The Hall–Kier alpha value is -5.22. The summed E-state index contributed by atoms with van der Waals surface area (Å²) in [5.41, 5.74) is -0.593. The van der Waals surface area contributed by atoms with Crippen LogP contribution >= 0.6 is 0 Å². The summed E-state index contributed by atoms with van der Waals surface area (Å²) < 4.78 is 140. The van der Waals surface area contributed by atoms with Crippen LogP contribution in [0.3, 0.4) is 0 Å². The van der Waals surface area contributed by atoms with Gasteiger partial charge in [0.05, 0.1) is 38.0 Å². The second-order valence-corrected chi connectivity index (χ2v) is 21.5. The molecular weight excluding hydrogens is 931 g/mol. The lowest BCUT2D eigenvalue weighted by Crippen LogP contribution is -2.42. The fourth-order valence-corrected chi connectivity index (χ4v) is 9.86. The number of Topliss-reactive ketones (excluding diaryl/α,β-unsaturated/α-hetero) is 2. The molecular formula is C38H42N3O19S4+. The number of hydrogen-bond donors (Lipinski definition) is 4. The number of imide groups is 1. The van der Waals surface area contributed by atoms with Crippen molar-refractivity contribution in [3.05, 3.63) is 65.6 Å². The highest BCUT2D eigenvalue weighted by atomic mass is 32.2. The van der Waals surface area contributed by atoms with E-state index in [1.165, 1.54) is 29.2 Å². The van der Waals surface area contributed by atoms with E-state index in [4.69, 9.17) is 9.57 Å². The predicted octanol–water partition coefficient (Wildman–Crippen LogP) is 2.08. The van der Waals surface area contributed by atoms with Gasteiger partial charge in [0, 0.05) is 56.0 Å². The number of hydrogen-bond acceptors (Lipinski definition) is 16. The number of anilines is 1.